The molecule has 12 heteroatoms. The molecule has 0 saturated carbocycles. The Hall–Kier alpha value is -3.25. The molecule has 1 amide bonds. The number of hydrogen-bond acceptors (Lipinski definition) is 7. The Bertz CT molecular complexity index is 897. The van der Waals surface area contributed by atoms with E-state index in [9.17, 15) is 23.3 Å². The summed E-state index contributed by atoms with van der Waals surface area (Å²) < 4.78 is 31.1. The lowest BCUT2D eigenvalue weighted by molar-refractivity contribution is -0.384. The molecule has 0 radical (unpaired) electrons. The number of hydrogen-bond donors (Lipinski definition) is 4. The fourth-order valence-corrected chi connectivity index (χ4v) is 1.63. The maximum Gasteiger partial charge on any atom is 0.293 e. The van der Waals surface area contributed by atoms with E-state index in [0.29, 0.717) is 6.26 Å². The lowest BCUT2D eigenvalue weighted by Gasteiger charge is -2.00. The Morgan fingerprint density at radius 1 is 1.32 bits per heavy atom. The van der Waals surface area contributed by atoms with Crippen LogP contribution in [0.3, 0.4) is 0 Å². The molecule has 0 aliphatic rings. The van der Waals surface area contributed by atoms with E-state index in [1.807, 2.05) is 0 Å². The van der Waals surface area contributed by atoms with Gasteiger partial charge in [-0.1, -0.05) is 12.1 Å². The van der Waals surface area contributed by atoms with Crippen LogP contribution in [0.15, 0.2) is 40.8 Å². The van der Waals surface area contributed by atoms with Gasteiger partial charge in [-0.05, 0) is 18.2 Å². The van der Waals surface area contributed by atoms with Crippen molar-refractivity contribution in [2.45, 2.75) is 0 Å². The molecule has 0 spiro atoms. The highest BCUT2D eigenvalue weighted by Gasteiger charge is 2.19. The molecule has 2 aromatic rings. The van der Waals surface area contributed by atoms with Crippen molar-refractivity contribution < 1.29 is 27.1 Å². The van der Waals surface area contributed by atoms with Gasteiger partial charge in [0.25, 0.3) is 21.7 Å². The second-order valence-electron chi connectivity index (χ2n) is 4.54. The fourth-order valence-electron chi connectivity index (χ4n) is 1.63. The number of nitrogens with one attached hydrogen (secondary N) is 2. The van der Waals surface area contributed by atoms with Gasteiger partial charge in [0.2, 0.25) is 0 Å². The Morgan fingerprint density at radius 2 is 1.88 bits per heavy atom. The van der Waals surface area contributed by atoms with Gasteiger partial charge in [0, 0.05) is 6.07 Å². The number of furan rings is 1. The van der Waals surface area contributed by atoms with Crippen LogP contribution in [0.25, 0.3) is 11.3 Å². The number of nitro groups is 1. The summed E-state index contributed by atoms with van der Waals surface area (Å²) in [5.41, 5.74) is 5.17. The van der Waals surface area contributed by atoms with Crippen LogP contribution in [-0.2, 0) is 10.1 Å². The average Bonchev–Trinajstić information content (AvgIpc) is 2.94. The van der Waals surface area contributed by atoms with Crippen LogP contribution >= 0.6 is 0 Å². The van der Waals surface area contributed by atoms with Crippen molar-refractivity contribution in [1.29, 1.82) is 5.41 Å². The van der Waals surface area contributed by atoms with Gasteiger partial charge in [0.1, 0.15) is 5.76 Å². The monoisotopic (exact) mass is 370 g/mol. The van der Waals surface area contributed by atoms with Crippen LogP contribution in [0.2, 0.25) is 0 Å². The summed E-state index contributed by atoms with van der Waals surface area (Å²) in [6.07, 6.45) is 0.715. The largest absolute Gasteiger partial charge is 0.451 e. The zero-order valence-corrected chi connectivity index (χ0v) is 13.6. The minimum atomic E-state index is -3.67. The predicted octanol–water partition coefficient (Wildman–Crippen LogP) is 0.982. The molecule has 134 valence electrons. The number of nitrogens with two attached hydrogens (primary N) is 1. The second-order valence-corrected chi connectivity index (χ2v) is 6.01. The average molecular weight is 370 g/mol. The number of carbonyl (C=O) groups is 1. The van der Waals surface area contributed by atoms with Gasteiger partial charge >= 0.3 is 0 Å². The Labute approximate surface area is 141 Å². The van der Waals surface area contributed by atoms with E-state index in [0.717, 1.165) is 0 Å². The third-order valence-corrected chi connectivity index (χ3v) is 2.44. The first-order valence-electron chi connectivity index (χ1n) is 6.40. The maximum atomic E-state index is 11.6. The van der Waals surface area contributed by atoms with Crippen molar-refractivity contribution in [3.63, 3.8) is 0 Å². The van der Waals surface area contributed by atoms with Crippen molar-refractivity contribution in [2.24, 2.45) is 5.73 Å². The van der Waals surface area contributed by atoms with Crippen molar-refractivity contribution in [1.82, 2.24) is 5.32 Å². The fraction of sp³-hybridized carbons (Fsp3) is 0.0769. The van der Waals surface area contributed by atoms with Crippen molar-refractivity contribution in [2.75, 3.05) is 6.26 Å². The highest BCUT2D eigenvalue weighted by Crippen LogP contribution is 2.30. The molecule has 0 saturated heterocycles. The van der Waals surface area contributed by atoms with Crippen molar-refractivity contribution in [3.8, 4) is 11.3 Å². The summed E-state index contributed by atoms with van der Waals surface area (Å²) in [6.45, 7) is 0. The van der Waals surface area contributed by atoms with Gasteiger partial charge in [0.05, 0.1) is 16.7 Å². The van der Waals surface area contributed by atoms with E-state index in [2.05, 4.69) is 5.32 Å². The zero-order chi connectivity index (χ0) is 19.2. The molecule has 5 N–H and O–H groups in total. The number of para-hydroxylation sites is 1. The summed E-state index contributed by atoms with van der Waals surface area (Å²) in [7, 11) is -3.67. The first-order chi connectivity index (χ1) is 11.5. The van der Waals surface area contributed by atoms with Crippen LogP contribution in [0.1, 0.15) is 10.6 Å². The maximum absolute atomic E-state index is 11.6. The molecular weight excluding hydrogens is 356 g/mol. The van der Waals surface area contributed by atoms with Gasteiger partial charge in [-0.15, -0.1) is 0 Å². The molecule has 1 aromatic carbocycles. The number of guanidine groups is 1. The van der Waals surface area contributed by atoms with E-state index >= 15 is 0 Å². The summed E-state index contributed by atoms with van der Waals surface area (Å²) in [5.74, 6) is -1.11. The van der Waals surface area contributed by atoms with Crippen LogP contribution < -0.4 is 11.1 Å². The smallest absolute Gasteiger partial charge is 0.293 e. The minimum absolute atomic E-state index is 0.0895. The summed E-state index contributed by atoms with van der Waals surface area (Å²) in [4.78, 5) is 21.9. The third kappa shape index (κ3) is 6.80. The topological polar surface area (TPSA) is 190 Å². The summed E-state index contributed by atoms with van der Waals surface area (Å²) in [5, 5.41) is 19.9. The molecule has 2 rings (SSSR count). The quantitative estimate of drug-likeness (QED) is 0.202. The normalized spacial score (nSPS) is 10.3. The number of nitrogens with zero attached hydrogens (tertiary/aromatic N) is 1. The lowest BCUT2D eigenvalue weighted by atomic mass is 10.1. The van der Waals surface area contributed by atoms with Crippen LogP contribution in [0.4, 0.5) is 5.69 Å². The van der Waals surface area contributed by atoms with Crippen molar-refractivity contribution in [3.05, 3.63) is 52.3 Å². The molecule has 0 atom stereocenters. The summed E-state index contributed by atoms with van der Waals surface area (Å²) >= 11 is 0. The van der Waals surface area contributed by atoms with Crippen LogP contribution in [0.5, 0.6) is 0 Å². The first kappa shape index (κ1) is 19.8. The first-order valence-corrected chi connectivity index (χ1v) is 8.25. The number of nitro benzene ring substituents is 1. The van der Waals surface area contributed by atoms with E-state index in [1.54, 1.807) is 6.07 Å². The van der Waals surface area contributed by atoms with E-state index in [4.69, 9.17) is 20.1 Å². The molecule has 0 aliphatic heterocycles. The predicted molar refractivity (Wildman–Crippen MR) is 87.7 cm³/mol. The highest BCUT2D eigenvalue weighted by molar-refractivity contribution is 7.85. The zero-order valence-electron chi connectivity index (χ0n) is 12.8. The molecule has 0 bridgehead atoms. The number of benzene rings is 1. The number of rotatable bonds is 3. The van der Waals surface area contributed by atoms with Crippen LogP contribution in [0, 0.1) is 15.5 Å². The van der Waals surface area contributed by atoms with Gasteiger partial charge in [0.15, 0.2) is 11.7 Å². The molecule has 1 aromatic heterocycles. The molecule has 1 heterocycles. The van der Waals surface area contributed by atoms with Gasteiger partial charge in [-0.25, -0.2) is 0 Å². The molecule has 11 nitrogen and oxygen atoms in total. The van der Waals surface area contributed by atoms with Gasteiger partial charge < -0.3 is 10.2 Å². The van der Waals surface area contributed by atoms with Crippen molar-refractivity contribution >= 4 is 27.7 Å². The highest BCUT2D eigenvalue weighted by atomic mass is 32.2. The number of amides is 1. The third-order valence-electron chi connectivity index (χ3n) is 2.44. The Kier molecular flexibility index (Phi) is 6.36. The van der Waals surface area contributed by atoms with Gasteiger partial charge in [-0.3, -0.25) is 30.2 Å². The molecule has 0 fully saturated rings. The summed E-state index contributed by atoms with van der Waals surface area (Å²) in [6, 6.07) is 8.81. The SMILES string of the molecule is CS(=O)(=O)O.N=C(N)NC(=O)c1ccc(-c2ccccc2[N+](=O)[O-])o1. The Balaban J connectivity index is 0.000000550. The molecule has 0 unspecified atom stereocenters. The molecule has 25 heavy (non-hydrogen) atoms. The van der Waals surface area contributed by atoms with E-state index in [1.165, 1.54) is 30.3 Å². The Morgan fingerprint density at radius 3 is 2.40 bits per heavy atom. The van der Waals surface area contributed by atoms with E-state index < -0.39 is 26.9 Å². The molecular formula is C13H14N4O7S. The van der Waals surface area contributed by atoms with E-state index in [-0.39, 0.29) is 22.8 Å². The van der Waals surface area contributed by atoms with Crippen LogP contribution in [-0.4, -0.2) is 36.0 Å². The number of carbonyl (C=O) groups excluding carboxylic acids is 1. The van der Waals surface area contributed by atoms with Gasteiger partial charge in [-0.2, -0.15) is 8.42 Å². The second kappa shape index (κ2) is 8.03. The standard InChI is InChI=1S/C12H10N4O4.CH4O3S/c13-12(14)15-11(17)10-6-5-9(20-10)7-3-1-2-4-8(7)16(18)19;1-5(2,3)4/h1-6H,(H4,13,14,15,17);1H3,(H,2,3,4). The lowest BCUT2D eigenvalue weighted by Crippen LogP contribution is -2.35. The molecule has 0 aliphatic carbocycles. The minimum Gasteiger partial charge on any atom is -0.451 e.